The summed E-state index contributed by atoms with van der Waals surface area (Å²) in [6.45, 7) is 6.51. The van der Waals surface area contributed by atoms with Crippen molar-refractivity contribution in [2.24, 2.45) is 0 Å². The lowest BCUT2D eigenvalue weighted by Gasteiger charge is -2.13. The van der Waals surface area contributed by atoms with Crippen molar-refractivity contribution in [3.63, 3.8) is 0 Å². The van der Waals surface area contributed by atoms with E-state index in [0.29, 0.717) is 6.04 Å². The van der Waals surface area contributed by atoms with Gasteiger partial charge in [-0.05, 0) is 44.6 Å². The van der Waals surface area contributed by atoms with E-state index < -0.39 is 0 Å². The predicted octanol–water partition coefficient (Wildman–Crippen LogP) is 4.54. The van der Waals surface area contributed by atoms with E-state index in [1.807, 2.05) is 0 Å². The van der Waals surface area contributed by atoms with Crippen LogP contribution in [0.25, 0.3) is 11.3 Å². The van der Waals surface area contributed by atoms with Gasteiger partial charge in [0.05, 0.1) is 0 Å². The van der Waals surface area contributed by atoms with Crippen LogP contribution in [-0.4, -0.2) is 9.55 Å². The van der Waals surface area contributed by atoms with Crippen LogP contribution >= 0.6 is 0 Å². The standard InChI is InChI=1S/C18H25N3/c1-4-5-16-20-17(18(19)21(16)12(2)3)15-10-8-14(9-11-15)13-6-7-13/h8-13H,4-7,19H2,1-3H3. The Morgan fingerprint density at radius 3 is 2.43 bits per heavy atom. The largest absolute Gasteiger partial charge is 0.383 e. The van der Waals surface area contributed by atoms with Gasteiger partial charge in [-0.15, -0.1) is 0 Å². The monoisotopic (exact) mass is 283 g/mol. The van der Waals surface area contributed by atoms with Crippen LogP contribution in [0.5, 0.6) is 0 Å². The SMILES string of the molecule is CCCc1nc(-c2ccc(C3CC3)cc2)c(N)n1C(C)C. The summed E-state index contributed by atoms with van der Waals surface area (Å²) in [6.07, 6.45) is 4.74. The van der Waals surface area contributed by atoms with E-state index in [4.69, 9.17) is 10.7 Å². The van der Waals surface area contributed by atoms with Gasteiger partial charge in [0.15, 0.2) is 0 Å². The van der Waals surface area contributed by atoms with Crippen molar-refractivity contribution in [1.82, 2.24) is 9.55 Å². The van der Waals surface area contributed by atoms with Crippen molar-refractivity contribution in [2.45, 2.75) is 58.4 Å². The summed E-state index contributed by atoms with van der Waals surface area (Å²) < 4.78 is 2.17. The van der Waals surface area contributed by atoms with Crippen LogP contribution in [0.4, 0.5) is 5.82 Å². The molecule has 0 atom stereocenters. The zero-order valence-electron chi connectivity index (χ0n) is 13.3. The molecule has 2 N–H and O–H groups in total. The average Bonchev–Trinajstić information content (AvgIpc) is 3.24. The Morgan fingerprint density at radius 2 is 1.90 bits per heavy atom. The van der Waals surface area contributed by atoms with Gasteiger partial charge < -0.3 is 10.3 Å². The topological polar surface area (TPSA) is 43.8 Å². The van der Waals surface area contributed by atoms with Crippen LogP contribution in [0.15, 0.2) is 24.3 Å². The normalized spacial score (nSPS) is 14.9. The second-order valence-electron chi connectivity index (χ2n) is 6.37. The van der Waals surface area contributed by atoms with Gasteiger partial charge in [0.2, 0.25) is 0 Å². The van der Waals surface area contributed by atoms with Gasteiger partial charge in [-0.1, -0.05) is 31.2 Å². The van der Waals surface area contributed by atoms with Crippen molar-refractivity contribution in [3.05, 3.63) is 35.7 Å². The molecule has 1 aliphatic carbocycles. The van der Waals surface area contributed by atoms with Crippen LogP contribution < -0.4 is 5.73 Å². The van der Waals surface area contributed by atoms with E-state index in [1.165, 1.54) is 18.4 Å². The number of imidazole rings is 1. The van der Waals surface area contributed by atoms with Crippen LogP contribution in [0.2, 0.25) is 0 Å². The molecule has 3 rings (SSSR count). The van der Waals surface area contributed by atoms with Crippen LogP contribution in [0.3, 0.4) is 0 Å². The number of benzene rings is 1. The molecule has 0 unspecified atom stereocenters. The smallest absolute Gasteiger partial charge is 0.131 e. The van der Waals surface area contributed by atoms with Gasteiger partial charge in [0.25, 0.3) is 0 Å². The molecule has 1 aromatic carbocycles. The molecule has 0 bridgehead atoms. The Morgan fingerprint density at radius 1 is 1.24 bits per heavy atom. The molecule has 1 aromatic heterocycles. The Labute approximate surface area is 127 Å². The highest BCUT2D eigenvalue weighted by Gasteiger charge is 2.23. The molecule has 0 saturated heterocycles. The third kappa shape index (κ3) is 2.69. The summed E-state index contributed by atoms with van der Waals surface area (Å²) in [5.41, 5.74) is 9.90. The van der Waals surface area contributed by atoms with Crippen molar-refractivity contribution in [3.8, 4) is 11.3 Å². The summed E-state index contributed by atoms with van der Waals surface area (Å²) >= 11 is 0. The number of aromatic nitrogens is 2. The maximum absolute atomic E-state index is 6.38. The number of nitrogen functional groups attached to an aromatic ring is 1. The van der Waals surface area contributed by atoms with Crippen LogP contribution in [0, 0.1) is 0 Å². The summed E-state index contributed by atoms with van der Waals surface area (Å²) in [4.78, 5) is 4.82. The molecule has 21 heavy (non-hydrogen) atoms. The fourth-order valence-corrected chi connectivity index (χ4v) is 3.01. The Balaban J connectivity index is 1.98. The number of hydrogen-bond donors (Lipinski definition) is 1. The number of nitrogens with zero attached hydrogens (tertiary/aromatic N) is 2. The van der Waals surface area contributed by atoms with Gasteiger partial charge >= 0.3 is 0 Å². The van der Waals surface area contributed by atoms with Crippen molar-refractivity contribution in [1.29, 1.82) is 0 Å². The molecular formula is C18H25N3. The number of aryl methyl sites for hydroxylation is 1. The highest BCUT2D eigenvalue weighted by molar-refractivity contribution is 5.71. The second-order valence-corrected chi connectivity index (χ2v) is 6.37. The minimum Gasteiger partial charge on any atom is -0.383 e. The third-order valence-electron chi connectivity index (χ3n) is 4.24. The van der Waals surface area contributed by atoms with E-state index in [2.05, 4.69) is 49.6 Å². The average molecular weight is 283 g/mol. The summed E-state index contributed by atoms with van der Waals surface area (Å²) in [6, 6.07) is 9.17. The van der Waals surface area contributed by atoms with Crippen LogP contribution in [0.1, 0.15) is 63.4 Å². The molecule has 0 amide bonds. The minimum atomic E-state index is 0.346. The zero-order valence-corrected chi connectivity index (χ0v) is 13.3. The molecule has 2 aromatic rings. The quantitative estimate of drug-likeness (QED) is 0.875. The summed E-state index contributed by atoms with van der Waals surface area (Å²) in [7, 11) is 0. The molecule has 1 saturated carbocycles. The molecule has 1 fully saturated rings. The van der Waals surface area contributed by atoms with E-state index >= 15 is 0 Å². The van der Waals surface area contributed by atoms with E-state index in [0.717, 1.165) is 41.7 Å². The fourth-order valence-electron chi connectivity index (χ4n) is 3.01. The lowest BCUT2D eigenvalue weighted by Crippen LogP contribution is -2.09. The molecule has 1 heterocycles. The van der Waals surface area contributed by atoms with Crippen molar-refractivity contribution < 1.29 is 0 Å². The minimum absolute atomic E-state index is 0.346. The first-order valence-electron chi connectivity index (χ1n) is 8.08. The van der Waals surface area contributed by atoms with Crippen molar-refractivity contribution in [2.75, 3.05) is 5.73 Å². The molecule has 0 spiro atoms. The van der Waals surface area contributed by atoms with Crippen molar-refractivity contribution >= 4 is 5.82 Å². The lowest BCUT2D eigenvalue weighted by atomic mass is 10.1. The van der Waals surface area contributed by atoms with Gasteiger partial charge in [-0.2, -0.15) is 0 Å². The molecule has 112 valence electrons. The highest BCUT2D eigenvalue weighted by atomic mass is 15.2. The third-order valence-corrected chi connectivity index (χ3v) is 4.24. The maximum Gasteiger partial charge on any atom is 0.131 e. The van der Waals surface area contributed by atoms with Gasteiger partial charge in [-0.25, -0.2) is 4.98 Å². The predicted molar refractivity (Wildman–Crippen MR) is 88.4 cm³/mol. The summed E-state index contributed by atoms with van der Waals surface area (Å²) in [5.74, 6) is 2.69. The zero-order chi connectivity index (χ0) is 15.0. The molecule has 0 radical (unpaired) electrons. The first-order chi connectivity index (χ1) is 10.1. The maximum atomic E-state index is 6.38. The number of nitrogens with two attached hydrogens (primary N) is 1. The van der Waals surface area contributed by atoms with E-state index in [1.54, 1.807) is 0 Å². The summed E-state index contributed by atoms with van der Waals surface area (Å²) in [5, 5.41) is 0. The van der Waals surface area contributed by atoms with E-state index in [9.17, 15) is 0 Å². The Bertz CT molecular complexity index is 619. The fraction of sp³-hybridized carbons (Fsp3) is 0.500. The first-order valence-corrected chi connectivity index (χ1v) is 8.08. The molecule has 1 aliphatic rings. The lowest BCUT2D eigenvalue weighted by molar-refractivity contribution is 0.571. The van der Waals surface area contributed by atoms with Crippen LogP contribution in [-0.2, 0) is 6.42 Å². The Kier molecular flexibility index (Phi) is 3.75. The number of rotatable bonds is 5. The highest BCUT2D eigenvalue weighted by Crippen LogP contribution is 2.40. The Hall–Kier alpha value is -1.77. The van der Waals surface area contributed by atoms with Gasteiger partial charge in [0, 0.05) is 18.0 Å². The second kappa shape index (κ2) is 5.55. The van der Waals surface area contributed by atoms with Gasteiger partial charge in [0.1, 0.15) is 17.3 Å². The molecule has 0 aliphatic heterocycles. The van der Waals surface area contributed by atoms with E-state index in [-0.39, 0.29) is 0 Å². The molecular weight excluding hydrogens is 258 g/mol. The molecule has 3 heteroatoms. The van der Waals surface area contributed by atoms with Gasteiger partial charge in [-0.3, -0.25) is 0 Å². The number of anilines is 1. The first kappa shape index (κ1) is 14.2. The molecule has 3 nitrogen and oxygen atoms in total. The number of hydrogen-bond acceptors (Lipinski definition) is 2.